The van der Waals surface area contributed by atoms with Crippen LogP contribution in [0.25, 0.3) is 0 Å². The van der Waals surface area contributed by atoms with Crippen molar-refractivity contribution in [3.05, 3.63) is 24.3 Å². The van der Waals surface area contributed by atoms with Crippen LogP contribution in [0.4, 0.5) is 11.4 Å². The molecule has 1 fully saturated rings. The number of hydrogen-bond donors (Lipinski definition) is 1. The summed E-state index contributed by atoms with van der Waals surface area (Å²) in [6.45, 7) is 1.03. The minimum absolute atomic E-state index is 0.0609. The predicted octanol–water partition coefficient (Wildman–Crippen LogP) is 0.947. The Balaban J connectivity index is 1.94. The maximum Gasteiger partial charge on any atom is 0.253 e. The average Bonchev–Trinajstić information content (AvgIpc) is 2.46. The molecule has 1 aliphatic heterocycles. The van der Waals surface area contributed by atoms with Crippen molar-refractivity contribution in [1.82, 2.24) is 0 Å². The number of anilines is 2. The lowest BCUT2D eigenvalue weighted by molar-refractivity contribution is -0.125. The fourth-order valence-corrected chi connectivity index (χ4v) is 2.61. The molecular weight excluding hydrogens is 332 g/mol. The van der Waals surface area contributed by atoms with Crippen molar-refractivity contribution in [2.75, 3.05) is 35.7 Å². The molecular formula is C13H15ClN2O5S. The smallest absolute Gasteiger partial charge is 0.253 e. The highest BCUT2D eigenvalue weighted by Gasteiger charge is 2.20. The number of ether oxygens (including phenoxy) is 1. The van der Waals surface area contributed by atoms with Crippen LogP contribution in [0.1, 0.15) is 6.42 Å². The van der Waals surface area contributed by atoms with Gasteiger partial charge in [-0.05, 0) is 24.3 Å². The van der Waals surface area contributed by atoms with Crippen LogP contribution in [0.2, 0.25) is 0 Å². The minimum Gasteiger partial charge on any atom is -0.370 e. The van der Waals surface area contributed by atoms with E-state index in [-0.39, 0.29) is 18.9 Å². The Kier molecular flexibility index (Phi) is 5.38. The number of carbonyl (C=O) groups excluding carboxylic acids is 2. The van der Waals surface area contributed by atoms with Gasteiger partial charge in [-0.15, -0.1) is 0 Å². The van der Waals surface area contributed by atoms with E-state index >= 15 is 0 Å². The summed E-state index contributed by atoms with van der Waals surface area (Å²) in [5, 5.41) is 2.57. The van der Waals surface area contributed by atoms with Gasteiger partial charge in [0.25, 0.3) is 5.91 Å². The van der Waals surface area contributed by atoms with Gasteiger partial charge in [0.2, 0.25) is 15.0 Å². The summed E-state index contributed by atoms with van der Waals surface area (Å²) in [4.78, 5) is 24.9. The number of carbonyl (C=O) groups is 2. The number of rotatable bonds is 5. The molecule has 1 N–H and O–H groups in total. The second kappa shape index (κ2) is 7.08. The van der Waals surface area contributed by atoms with Crippen LogP contribution in [0.15, 0.2) is 24.3 Å². The van der Waals surface area contributed by atoms with Crippen molar-refractivity contribution in [3.63, 3.8) is 0 Å². The maximum atomic E-state index is 11.7. The van der Waals surface area contributed by atoms with Gasteiger partial charge < -0.3 is 15.0 Å². The van der Waals surface area contributed by atoms with Gasteiger partial charge in [-0.2, -0.15) is 0 Å². The van der Waals surface area contributed by atoms with Gasteiger partial charge in [0.15, 0.2) is 0 Å². The van der Waals surface area contributed by atoms with E-state index in [0.29, 0.717) is 18.8 Å². The van der Waals surface area contributed by atoms with Crippen molar-refractivity contribution in [1.29, 1.82) is 0 Å². The van der Waals surface area contributed by atoms with Gasteiger partial charge in [-0.1, -0.05) is 0 Å². The molecule has 1 saturated heterocycles. The summed E-state index contributed by atoms with van der Waals surface area (Å²) >= 11 is 0. The Morgan fingerprint density at radius 2 is 2.00 bits per heavy atom. The summed E-state index contributed by atoms with van der Waals surface area (Å²) < 4.78 is 26.6. The monoisotopic (exact) mass is 346 g/mol. The van der Waals surface area contributed by atoms with Crippen LogP contribution >= 0.6 is 10.7 Å². The number of halogens is 1. The van der Waals surface area contributed by atoms with E-state index in [1.165, 1.54) is 0 Å². The van der Waals surface area contributed by atoms with Crippen molar-refractivity contribution in [2.24, 2.45) is 0 Å². The van der Waals surface area contributed by atoms with E-state index in [2.05, 4.69) is 5.32 Å². The molecule has 0 unspecified atom stereocenters. The fraction of sp³-hybridized carbons (Fsp3) is 0.385. The second-order valence-electron chi connectivity index (χ2n) is 4.69. The molecule has 22 heavy (non-hydrogen) atoms. The number of morpholine rings is 1. The van der Waals surface area contributed by atoms with E-state index in [1.54, 1.807) is 29.2 Å². The summed E-state index contributed by atoms with van der Waals surface area (Å²) in [5.41, 5.74) is 1.23. The highest BCUT2D eigenvalue weighted by atomic mass is 35.7. The number of nitrogens with one attached hydrogen (secondary N) is 1. The van der Waals surface area contributed by atoms with Crippen LogP contribution in [0, 0.1) is 0 Å². The van der Waals surface area contributed by atoms with Gasteiger partial charge in [-0.25, -0.2) is 8.42 Å². The lowest BCUT2D eigenvalue weighted by Gasteiger charge is -2.26. The third kappa shape index (κ3) is 4.97. The molecule has 1 aromatic carbocycles. The third-order valence-electron chi connectivity index (χ3n) is 3.02. The van der Waals surface area contributed by atoms with E-state index < -0.39 is 20.7 Å². The standard InChI is InChI=1S/C13H15ClN2O5S/c14-22(19,20)8-5-12(17)15-10-1-3-11(4-2-10)16-6-7-21-9-13(16)18/h1-4H,5-9H2,(H,15,17). The summed E-state index contributed by atoms with van der Waals surface area (Å²) in [6.07, 6.45) is -0.213. The Morgan fingerprint density at radius 3 is 2.59 bits per heavy atom. The molecule has 0 saturated carbocycles. The molecule has 1 aromatic rings. The van der Waals surface area contributed by atoms with Gasteiger partial charge in [0.1, 0.15) is 6.61 Å². The highest BCUT2D eigenvalue weighted by molar-refractivity contribution is 8.13. The maximum absolute atomic E-state index is 11.7. The highest BCUT2D eigenvalue weighted by Crippen LogP contribution is 2.19. The molecule has 0 radical (unpaired) electrons. The molecule has 0 aliphatic carbocycles. The van der Waals surface area contributed by atoms with Crippen LogP contribution < -0.4 is 10.2 Å². The Morgan fingerprint density at radius 1 is 1.32 bits per heavy atom. The normalized spacial score (nSPS) is 15.7. The number of amides is 2. The Hall–Kier alpha value is -1.64. The molecule has 0 atom stereocenters. The Bertz CT molecular complexity index is 660. The van der Waals surface area contributed by atoms with Crippen molar-refractivity contribution in [2.45, 2.75) is 6.42 Å². The van der Waals surface area contributed by atoms with E-state index in [0.717, 1.165) is 5.69 Å². The van der Waals surface area contributed by atoms with Crippen molar-refractivity contribution < 1.29 is 22.7 Å². The third-order valence-corrected chi connectivity index (χ3v) is 4.18. The van der Waals surface area contributed by atoms with E-state index in [9.17, 15) is 18.0 Å². The molecule has 2 rings (SSSR count). The van der Waals surface area contributed by atoms with E-state index in [4.69, 9.17) is 15.4 Å². The largest absolute Gasteiger partial charge is 0.370 e. The molecule has 7 nitrogen and oxygen atoms in total. The Labute approximate surface area is 132 Å². The minimum atomic E-state index is -3.68. The zero-order valence-corrected chi connectivity index (χ0v) is 13.2. The molecule has 120 valence electrons. The van der Waals surface area contributed by atoms with Crippen LogP contribution in [0.5, 0.6) is 0 Å². The molecule has 9 heteroatoms. The average molecular weight is 347 g/mol. The summed E-state index contributed by atoms with van der Waals surface area (Å²) in [5.74, 6) is -0.976. The quantitative estimate of drug-likeness (QED) is 0.801. The molecule has 0 spiro atoms. The van der Waals surface area contributed by atoms with Crippen LogP contribution in [-0.2, 0) is 23.4 Å². The summed E-state index contributed by atoms with van der Waals surface area (Å²) in [6, 6.07) is 6.70. The first-order valence-electron chi connectivity index (χ1n) is 6.55. The predicted molar refractivity (Wildman–Crippen MR) is 82.5 cm³/mol. The van der Waals surface area contributed by atoms with Gasteiger partial charge in [0, 0.05) is 35.0 Å². The summed E-state index contributed by atoms with van der Waals surface area (Å²) in [7, 11) is 1.36. The molecule has 0 aromatic heterocycles. The number of hydrogen-bond acceptors (Lipinski definition) is 5. The van der Waals surface area contributed by atoms with Gasteiger partial charge >= 0.3 is 0 Å². The molecule has 1 aliphatic rings. The lowest BCUT2D eigenvalue weighted by Crippen LogP contribution is -2.41. The SMILES string of the molecule is O=C(CCS(=O)(=O)Cl)Nc1ccc(N2CCOCC2=O)cc1. The van der Waals surface area contributed by atoms with Crippen LogP contribution in [-0.4, -0.2) is 45.7 Å². The molecule has 2 amide bonds. The van der Waals surface area contributed by atoms with Gasteiger partial charge in [-0.3, -0.25) is 9.59 Å². The molecule has 0 bridgehead atoms. The second-order valence-corrected chi connectivity index (χ2v) is 7.58. The first-order valence-corrected chi connectivity index (χ1v) is 9.03. The van der Waals surface area contributed by atoms with Crippen molar-refractivity contribution in [3.8, 4) is 0 Å². The topological polar surface area (TPSA) is 92.8 Å². The van der Waals surface area contributed by atoms with E-state index in [1.807, 2.05) is 0 Å². The molecule has 1 heterocycles. The zero-order valence-electron chi connectivity index (χ0n) is 11.6. The zero-order chi connectivity index (χ0) is 16.2. The van der Waals surface area contributed by atoms with Gasteiger partial charge in [0.05, 0.1) is 12.4 Å². The lowest BCUT2D eigenvalue weighted by atomic mass is 10.2. The first-order chi connectivity index (χ1) is 10.3. The van der Waals surface area contributed by atoms with Crippen LogP contribution in [0.3, 0.4) is 0 Å². The number of nitrogens with zero attached hydrogens (tertiary/aromatic N) is 1. The van der Waals surface area contributed by atoms with Crippen molar-refractivity contribution >= 4 is 42.9 Å². The number of benzene rings is 1. The first kappa shape index (κ1) is 16.7. The fourth-order valence-electron chi connectivity index (χ4n) is 1.95.